The molecule has 0 aliphatic heterocycles. The van der Waals surface area contributed by atoms with E-state index in [4.69, 9.17) is 16.7 Å². The molecule has 0 aromatic heterocycles. The third kappa shape index (κ3) is 4.96. The van der Waals surface area contributed by atoms with Crippen LogP contribution in [0.4, 0.5) is 0 Å². The van der Waals surface area contributed by atoms with Crippen molar-refractivity contribution >= 4 is 29.4 Å². The summed E-state index contributed by atoms with van der Waals surface area (Å²) in [6, 6.07) is 6.54. The van der Waals surface area contributed by atoms with Crippen LogP contribution < -0.4 is 10.6 Å². The Kier molecular flexibility index (Phi) is 5.60. The average molecular weight is 339 g/mol. The van der Waals surface area contributed by atoms with Crippen LogP contribution in [0.1, 0.15) is 36.0 Å². The maximum Gasteiger partial charge on any atom is 0.311 e. The second-order valence-corrected chi connectivity index (χ2v) is 6.16. The van der Waals surface area contributed by atoms with E-state index in [-0.39, 0.29) is 24.8 Å². The van der Waals surface area contributed by atoms with Crippen molar-refractivity contribution in [2.24, 2.45) is 5.41 Å². The molecule has 0 saturated heterocycles. The maximum absolute atomic E-state index is 11.8. The van der Waals surface area contributed by atoms with Gasteiger partial charge in [-0.05, 0) is 43.5 Å². The quantitative estimate of drug-likeness (QED) is 0.630. The molecule has 0 bridgehead atoms. The van der Waals surface area contributed by atoms with Gasteiger partial charge in [-0.3, -0.25) is 14.4 Å². The molecule has 0 atom stereocenters. The molecule has 1 aromatic carbocycles. The highest BCUT2D eigenvalue weighted by atomic mass is 35.5. The van der Waals surface area contributed by atoms with Gasteiger partial charge in [0.1, 0.15) is 0 Å². The summed E-state index contributed by atoms with van der Waals surface area (Å²) in [6.07, 6.45) is 1.96. The number of carboxylic acid groups (broad SMARTS) is 1. The molecule has 23 heavy (non-hydrogen) atoms. The molecular weight excluding hydrogens is 320 g/mol. The predicted octanol–water partition coefficient (Wildman–Crippen LogP) is 1.83. The summed E-state index contributed by atoms with van der Waals surface area (Å²) < 4.78 is 0. The number of aliphatic carboxylic acids is 1. The van der Waals surface area contributed by atoms with E-state index in [2.05, 4.69) is 10.6 Å². The van der Waals surface area contributed by atoms with Crippen LogP contribution in [0.25, 0.3) is 0 Å². The van der Waals surface area contributed by atoms with Crippen molar-refractivity contribution in [3.8, 4) is 0 Å². The minimum atomic E-state index is -0.854. The molecule has 2 rings (SSSR count). The van der Waals surface area contributed by atoms with Crippen LogP contribution in [0.2, 0.25) is 5.02 Å². The number of benzene rings is 1. The molecule has 1 aliphatic carbocycles. The number of halogens is 1. The Bertz CT molecular complexity index is 597. The highest BCUT2D eigenvalue weighted by Gasteiger charge is 2.50. The van der Waals surface area contributed by atoms with Gasteiger partial charge in [-0.2, -0.15) is 0 Å². The molecule has 124 valence electrons. The highest BCUT2D eigenvalue weighted by Crippen LogP contribution is 2.45. The lowest BCUT2D eigenvalue weighted by Crippen LogP contribution is -2.34. The summed E-state index contributed by atoms with van der Waals surface area (Å²) in [5, 5.41) is 14.9. The monoisotopic (exact) mass is 338 g/mol. The standard InChI is InChI=1S/C16H19ClN2O4/c17-12-5-3-11(4-6-12)14(21)18-9-1-2-13(20)19-10-16(7-8-16)15(22)23/h3-6H,1-2,7-10H2,(H,18,21)(H,19,20)(H,22,23). The summed E-state index contributed by atoms with van der Waals surface area (Å²) >= 11 is 5.75. The van der Waals surface area contributed by atoms with E-state index in [0.717, 1.165) is 0 Å². The lowest BCUT2D eigenvalue weighted by molar-refractivity contribution is -0.143. The van der Waals surface area contributed by atoms with Crippen LogP contribution in [0.5, 0.6) is 0 Å². The largest absolute Gasteiger partial charge is 0.481 e. The van der Waals surface area contributed by atoms with Gasteiger partial charge in [0.15, 0.2) is 0 Å². The molecule has 0 unspecified atom stereocenters. The van der Waals surface area contributed by atoms with E-state index in [0.29, 0.717) is 36.4 Å². The first-order valence-electron chi connectivity index (χ1n) is 7.47. The summed E-state index contributed by atoms with van der Waals surface area (Å²) in [4.78, 5) is 34.5. The molecule has 1 aliphatic rings. The van der Waals surface area contributed by atoms with E-state index in [9.17, 15) is 14.4 Å². The first-order valence-corrected chi connectivity index (χ1v) is 7.85. The molecule has 0 spiro atoms. The molecule has 1 aromatic rings. The van der Waals surface area contributed by atoms with Gasteiger partial charge in [0.2, 0.25) is 5.91 Å². The number of nitrogens with one attached hydrogen (secondary N) is 2. The van der Waals surface area contributed by atoms with Crippen molar-refractivity contribution in [2.45, 2.75) is 25.7 Å². The molecule has 1 fully saturated rings. The lowest BCUT2D eigenvalue weighted by atomic mass is 10.1. The Morgan fingerprint density at radius 2 is 1.78 bits per heavy atom. The molecule has 2 amide bonds. The van der Waals surface area contributed by atoms with Crippen LogP contribution in [0.15, 0.2) is 24.3 Å². The van der Waals surface area contributed by atoms with Crippen molar-refractivity contribution in [1.29, 1.82) is 0 Å². The molecule has 7 heteroatoms. The smallest absolute Gasteiger partial charge is 0.311 e. The van der Waals surface area contributed by atoms with Crippen LogP contribution in [-0.2, 0) is 9.59 Å². The lowest BCUT2D eigenvalue weighted by Gasteiger charge is -2.11. The number of hydrogen-bond acceptors (Lipinski definition) is 3. The average Bonchev–Trinajstić information content (AvgIpc) is 3.31. The number of carboxylic acids is 1. The van der Waals surface area contributed by atoms with Crippen molar-refractivity contribution in [3.05, 3.63) is 34.9 Å². The Morgan fingerprint density at radius 3 is 2.35 bits per heavy atom. The zero-order valence-electron chi connectivity index (χ0n) is 12.6. The van der Waals surface area contributed by atoms with E-state index in [1.54, 1.807) is 24.3 Å². The molecule has 0 radical (unpaired) electrons. The fraction of sp³-hybridized carbons (Fsp3) is 0.438. The minimum absolute atomic E-state index is 0.179. The van der Waals surface area contributed by atoms with Gasteiger partial charge in [-0.25, -0.2) is 0 Å². The topological polar surface area (TPSA) is 95.5 Å². The fourth-order valence-corrected chi connectivity index (χ4v) is 2.25. The summed E-state index contributed by atoms with van der Waals surface area (Å²) in [5.41, 5.74) is -0.241. The van der Waals surface area contributed by atoms with Gasteiger partial charge in [0, 0.05) is 30.1 Å². The number of amides is 2. The normalized spacial score (nSPS) is 14.8. The van der Waals surface area contributed by atoms with Crippen molar-refractivity contribution in [3.63, 3.8) is 0 Å². The van der Waals surface area contributed by atoms with Crippen LogP contribution >= 0.6 is 11.6 Å². The number of carbonyl (C=O) groups is 3. The van der Waals surface area contributed by atoms with Crippen LogP contribution in [-0.4, -0.2) is 36.0 Å². The van der Waals surface area contributed by atoms with Crippen LogP contribution in [0, 0.1) is 5.41 Å². The summed E-state index contributed by atoms with van der Waals surface area (Å²) in [5.74, 6) is -1.27. The third-order valence-corrected chi connectivity index (χ3v) is 4.16. The number of hydrogen-bond donors (Lipinski definition) is 3. The van der Waals surface area contributed by atoms with Crippen molar-refractivity contribution in [2.75, 3.05) is 13.1 Å². The maximum atomic E-state index is 11.8. The molecular formula is C16H19ClN2O4. The van der Waals surface area contributed by atoms with E-state index < -0.39 is 11.4 Å². The Labute approximate surface area is 139 Å². The minimum Gasteiger partial charge on any atom is -0.481 e. The summed E-state index contributed by atoms with van der Waals surface area (Å²) in [6.45, 7) is 0.553. The first kappa shape index (κ1) is 17.3. The van der Waals surface area contributed by atoms with Gasteiger partial charge in [0.25, 0.3) is 5.91 Å². The Hall–Kier alpha value is -2.08. The third-order valence-electron chi connectivity index (χ3n) is 3.90. The SMILES string of the molecule is O=C(CCCNC(=O)c1ccc(Cl)cc1)NCC1(C(=O)O)CC1. The fourth-order valence-electron chi connectivity index (χ4n) is 2.13. The van der Waals surface area contributed by atoms with E-state index in [1.807, 2.05) is 0 Å². The van der Waals surface area contributed by atoms with Gasteiger partial charge < -0.3 is 15.7 Å². The number of rotatable bonds is 8. The van der Waals surface area contributed by atoms with E-state index >= 15 is 0 Å². The van der Waals surface area contributed by atoms with Gasteiger partial charge >= 0.3 is 5.97 Å². The first-order chi connectivity index (χ1) is 10.9. The van der Waals surface area contributed by atoms with Gasteiger partial charge in [0.05, 0.1) is 5.41 Å². The Morgan fingerprint density at radius 1 is 1.13 bits per heavy atom. The predicted molar refractivity (Wildman–Crippen MR) is 85.3 cm³/mol. The highest BCUT2D eigenvalue weighted by molar-refractivity contribution is 6.30. The molecule has 0 heterocycles. The second kappa shape index (κ2) is 7.46. The van der Waals surface area contributed by atoms with E-state index in [1.165, 1.54) is 0 Å². The molecule has 6 nitrogen and oxygen atoms in total. The molecule has 1 saturated carbocycles. The molecule has 3 N–H and O–H groups in total. The Balaban J connectivity index is 1.61. The van der Waals surface area contributed by atoms with Crippen molar-refractivity contribution < 1.29 is 19.5 Å². The van der Waals surface area contributed by atoms with Gasteiger partial charge in [-0.1, -0.05) is 11.6 Å². The van der Waals surface area contributed by atoms with Crippen LogP contribution in [0.3, 0.4) is 0 Å². The zero-order valence-corrected chi connectivity index (χ0v) is 13.4. The van der Waals surface area contributed by atoms with Crippen molar-refractivity contribution in [1.82, 2.24) is 10.6 Å². The zero-order chi connectivity index (χ0) is 16.9. The summed E-state index contributed by atoms with van der Waals surface area (Å²) in [7, 11) is 0. The second-order valence-electron chi connectivity index (χ2n) is 5.73. The van der Waals surface area contributed by atoms with Gasteiger partial charge in [-0.15, -0.1) is 0 Å². The number of carbonyl (C=O) groups excluding carboxylic acids is 2.